The summed E-state index contributed by atoms with van der Waals surface area (Å²) in [6.45, 7) is 4.96. The van der Waals surface area contributed by atoms with Gasteiger partial charge in [0.25, 0.3) is 0 Å². The predicted octanol–water partition coefficient (Wildman–Crippen LogP) is 3.42. The van der Waals surface area contributed by atoms with Gasteiger partial charge in [0.05, 0.1) is 17.4 Å². The van der Waals surface area contributed by atoms with Gasteiger partial charge in [-0.25, -0.2) is 0 Å². The highest BCUT2D eigenvalue weighted by molar-refractivity contribution is 6.30. The van der Waals surface area contributed by atoms with E-state index in [1.165, 1.54) is 0 Å². The SMILES string of the molecule is CC(C)NCc1cncc(Oc2cncc(Cl)c2)c1. The predicted molar refractivity (Wildman–Crippen MR) is 75.5 cm³/mol. The molecule has 2 rings (SSSR count). The lowest BCUT2D eigenvalue weighted by atomic mass is 10.2. The molecule has 0 aliphatic heterocycles. The molecule has 5 heteroatoms. The third-order valence-electron chi connectivity index (χ3n) is 2.40. The van der Waals surface area contributed by atoms with Crippen molar-refractivity contribution in [2.45, 2.75) is 26.4 Å². The Bertz CT molecular complexity index is 546. The Labute approximate surface area is 117 Å². The number of rotatable bonds is 5. The molecule has 0 aliphatic rings. The maximum atomic E-state index is 5.86. The first-order chi connectivity index (χ1) is 9.13. The molecule has 0 amide bonds. The summed E-state index contributed by atoms with van der Waals surface area (Å²) in [5, 5.41) is 3.88. The fourth-order valence-electron chi connectivity index (χ4n) is 1.52. The van der Waals surface area contributed by atoms with E-state index in [0.29, 0.717) is 22.6 Å². The van der Waals surface area contributed by atoms with Gasteiger partial charge in [-0.1, -0.05) is 25.4 Å². The number of hydrogen-bond acceptors (Lipinski definition) is 4. The van der Waals surface area contributed by atoms with Gasteiger partial charge in [0, 0.05) is 31.0 Å². The van der Waals surface area contributed by atoms with Gasteiger partial charge in [0.15, 0.2) is 0 Å². The van der Waals surface area contributed by atoms with Crippen LogP contribution in [0.25, 0.3) is 0 Å². The van der Waals surface area contributed by atoms with Crippen molar-refractivity contribution in [2.24, 2.45) is 0 Å². The number of pyridine rings is 2. The molecule has 0 radical (unpaired) electrons. The lowest BCUT2D eigenvalue weighted by molar-refractivity contribution is 0.476. The van der Waals surface area contributed by atoms with Gasteiger partial charge in [-0.05, 0) is 11.6 Å². The largest absolute Gasteiger partial charge is 0.454 e. The Balaban J connectivity index is 2.06. The molecule has 0 unspecified atom stereocenters. The molecule has 0 spiro atoms. The third kappa shape index (κ3) is 4.50. The van der Waals surface area contributed by atoms with Crippen LogP contribution < -0.4 is 10.1 Å². The van der Waals surface area contributed by atoms with Gasteiger partial charge in [-0.15, -0.1) is 0 Å². The molecule has 0 saturated carbocycles. The van der Waals surface area contributed by atoms with Crippen LogP contribution in [0.2, 0.25) is 5.02 Å². The van der Waals surface area contributed by atoms with Gasteiger partial charge in [-0.3, -0.25) is 9.97 Å². The minimum atomic E-state index is 0.432. The first-order valence-electron chi connectivity index (χ1n) is 6.09. The van der Waals surface area contributed by atoms with Crippen LogP contribution in [0.3, 0.4) is 0 Å². The molecule has 2 aromatic heterocycles. The number of ether oxygens (including phenoxy) is 1. The second-order valence-electron chi connectivity index (χ2n) is 4.51. The first kappa shape index (κ1) is 13.8. The minimum Gasteiger partial charge on any atom is -0.454 e. The van der Waals surface area contributed by atoms with Gasteiger partial charge >= 0.3 is 0 Å². The fourth-order valence-corrected chi connectivity index (χ4v) is 1.69. The van der Waals surface area contributed by atoms with E-state index in [4.69, 9.17) is 16.3 Å². The summed E-state index contributed by atoms with van der Waals surface area (Å²) >= 11 is 5.86. The molecule has 2 heterocycles. The van der Waals surface area contributed by atoms with Crippen LogP contribution in [0.5, 0.6) is 11.5 Å². The van der Waals surface area contributed by atoms with E-state index in [1.807, 2.05) is 12.3 Å². The number of halogens is 1. The molecule has 0 fully saturated rings. The van der Waals surface area contributed by atoms with E-state index in [9.17, 15) is 0 Å². The molecule has 0 saturated heterocycles. The number of nitrogens with one attached hydrogen (secondary N) is 1. The first-order valence-corrected chi connectivity index (χ1v) is 6.47. The van der Waals surface area contributed by atoms with Gasteiger partial charge in [-0.2, -0.15) is 0 Å². The van der Waals surface area contributed by atoms with E-state index in [0.717, 1.165) is 12.1 Å². The second kappa shape index (κ2) is 6.50. The van der Waals surface area contributed by atoms with Crippen molar-refractivity contribution < 1.29 is 4.74 Å². The Kier molecular flexibility index (Phi) is 4.71. The smallest absolute Gasteiger partial charge is 0.147 e. The molecular formula is C14H16ClN3O. The summed E-state index contributed by atoms with van der Waals surface area (Å²) in [6.07, 6.45) is 6.67. The number of nitrogens with zero attached hydrogens (tertiary/aromatic N) is 2. The average Bonchev–Trinajstić information content (AvgIpc) is 2.37. The Morgan fingerprint density at radius 2 is 1.79 bits per heavy atom. The Hall–Kier alpha value is -1.65. The van der Waals surface area contributed by atoms with Crippen LogP contribution in [0, 0.1) is 0 Å². The van der Waals surface area contributed by atoms with Crippen molar-refractivity contribution in [3.05, 3.63) is 47.5 Å². The maximum absolute atomic E-state index is 5.86. The normalized spacial score (nSPS) is 10.7. The molecule has 1 N–H and O–H groups in total. The molecule has 0 aliphatic carbocycles. The summed E-state index contributed by atoms with van der Waals surface area (Å²) in [6, 6.07) is 4.10. The van der Waals surface area contributed by atoms with E-state index < -0.39 is 0 Å². The van der Waals surface area contributed by atoms with Gasteiger partial charge in [0.2, 0.25) is 0 Å². The molecular weight excluding hydrogens is 262 g/mol. The zero-order valence-electron chi connectivity index (χ0n) is 10.9. The standard InChI is InChI=1S/C14H16ClN3O/c1-10(2)18-6-11-3-13(8-16-5-11)19-14-4-12(15)7-17-9-14/h3-5,7-10,18H,6H2,1-2H3. The highest BCUT2D eigenvalue weighted by Crippen LogP contribution is 2.22. The Morgan fingerprint density at radius 1 is 1.11 bits per heavy atom. The highest BCUT2D eigenvalue weighted by atomic mass is 35.5. The Morgan fingerprint density at radius 3 is 2.47 bits per heavy atom. The fraction of sp³-hybridized carbons (Fsp3) is 0.286. The highest BCUT2D eigenvalue weighted by Gasteiger charge is 2.02. The van der Waals surface area contributed by atoms with E-state index in [-0.39, 0.29) is 0 Å². The lowest BCUT2D eigenvalue weighted by Gasteiger charge is -2.09. The molecule has 19 heavy (non-hydrogen) atoms. The van der Waals surface area contributed by atoms with Crippen LogP contribution in [0.15, 0.2) is 36.9 Å². The van der Waals surface area contributed by atoms with Crippen molar-refractivity contribution in [3.63, 3.8) is 0 Å². The van der Waals surface area contributed by atoms with Crippen LogP contribution in [0.4, 0.5) is 0 Å². The zero-order valence-corrected chi connectivity index (χ0v) is 11.7. The monoisotopic (exact) mass is 277 g/mol. The minimum absolute atomic E-state index is 0.432. The molecule has 100 valence electrons. The van der Waals surface area contributed by atoms with Crippen molar-refractivity contribution in [3.8, 4) is 11.5 Å². The summed E-state index contributed by atoms with van der Waals surface area (Å²) < 4.78 is 5.67. The van der Waals surface area contributed by atoms with Crippen molar-refractivity contribution in [2.75, 3.05) is 0 Å². The summed E-state index contributed by atoms with van der Waals surface area (Å²) in [4.78, 5) is 8.14. The van der Waals surface area contributed by atoms with Crippen LogP contribution in [-0.4, -0.2) is 16.0 Å². The molecule has 0 aromatic carbocycles. The second-order valence-corrected chi connectivity index (χ2v) is 4.94. The van der Waals surface area contributed by atoms with E-state index in [2.05, 4.69) is 29.1 Å². The number of aromatic nitrogens is 2. The maximum Gasteiger partial charge on any atom is 0.147 e. The number of hydrogen-bond donors (Lipinski definition) is 1. The summed E-state index contributed by atoms with van der Waals surface area (Å²) in [7, 11) is 0. The summed E-state index contributed by atoms with van der Waals surface area (Å²) in [5.41, 5.74) is 1.07. The quantitative estimate of drug-likeness (QED) is 0.910. The third-order valence-corrected chi connectivity index (χ3v) is 2.61. The van der Waals surface area contributed by atoms with Crippen LogP contribution in [0.1, 0.15) is 19.4 Å². The molecule has 2 aromatic rings. The van der Waals surface area contributed by atoms with Gasteiger partial charge in [0.1, 0.15) is 11.5 Å². The zero-order chi connectivity index (χ0) is 13.7. The molecule has 0 bridgehead atoms. The van der Waals surface area contributed by atoms with Gasteiger partial charge < -0.3 is 10.1 Å². The van der Waals surface area contributed by atoms with Crippen LogP contribution >= 0.6 is 11.6 Å². The van der Waals surface area contributed by atoms with Crippen molar-refractivity contribution in [1.82, 2.24) is 15.3 Å². The lowest BCUT2D eigenvalue weighted by Crippen LogP contribution is -2.21. The van der Waals surface area contributed by atoms with Crippen LogP contribution in [-0.2, 0) is 6.54 Å². The average molecular weight is 278 g/mol. The molecule has 4 nitrogen and oxygen atoms in total. The molecule has 0 atom stereocenters. The van der Waals surface area contributed by atoms with Crippen molar-refractivity contribution in [1.29, 1.82) is 0 Å². The van der Waals surface area contributed by atoms with E-state index in [1.54, 1.807) is 24.7 Å². The van der Waals surface area contributed by atoms with E-state index >= 15 is 0 Å². The summed E-state index contributed by atoms with van der Waals surface area (Å²) in [5.74, 6) is 1.27. The topological polar surface area (TPSA) is 47.0 Å². The van der Waals surface area contributed by atoms with Crippen molar-refractivity contribution >= 4 is 11.6 Å².